The standard InChI is InChI=1S/C27H39ClN4O4Si/c1-27(2,3)37(5,6)36-16-14-25(33)32-15-13-24(22(18-32)23-12-11-21(35-4)17-29-23)31-26(34)30-20-9-7-19(28)8-10-20/h7-12,17,22,24H,13-16,18H2,1-6H3,(H2,30,31,34)/t22-,24+/m0/s1. The van der Waals surface area contributed by atoms with Crippen molar-refractivity contribution in [2.24, 2.45) is 0 Å². The highest BCUT2D eigenvalue weighted by Crippen LogP contribution is 2.36. The lowest BCUT2D eigenvalue weighted by atomic mass is 9.88. The van der Waals surface area contributed by atoms with E-state index in [1.54, 1.807) is 37.6 Å². The number of urea groups is 1. The number of hydrogen-bond acceptors (Lipinski definition) is 5. The van der Waals surface area contributed by atoms with Crippen molar-refractivity contribution in [2.75, 3.05) is 32.1 Å². The lowest BCUT2D eigenvalue weighted by Crippen LogP contribution is -2.52. The van der Waals surface area contributed by atoms with Crippen LogP contribution < -0.4 is 15.4 Å². The fraction of sp³-hybridized carbons (Fsp3) is 0.519. The van der Waals surface area contributed by atoms with E-state index < -0.39 is 8.32 Å². The van der Waals surface area contributed by atoms with E-state index >= 15 is 0 Å². The first kappa shape index (κ1) is 28.9. The van der Waals surface area contributed by atoms with Gasteiger partial charge in [-0.05, 0) is 61.0 Å². The molecular formula is C27H39ClN4O4Si. The maximum absolute atomic E-state index is 13.1. The van der Waals surface area contributed by atoms with Gasteiger partial charge in [0.25, 0.3) is 0 Å². The Hall–Kier alpha value is -2.62. The average molecular weight is 547 g/mol. The molecule has 1 aliphatic heterocycles. The Balaban J connectivity index is 1.67. The van der Waals surface area contributed by atoms with Crippen molar-refractivity contribution in [2.45, 2.75) is 63.7 Å². The van der Waals surface area contributed by atoms with Crippen molar-refractivity contribution in [1.29, 1.82) is 0 Å². The number of methoxy groups -OCH3 is 1. The van der Waals surface area contributed by atoms with Crippen LogP contribution in [0.25, 0.3) is 0 Å². The zero-order valence-electron chi connectivity index (χ0n) is 22.6. The summed E-state index contributed by atoms with van der Waals surface area (Å²) in [6, 6.07) is 10.2. The second kappa shape index (κ2) is 12.3. The first-order chi connectivity index (χ1) is 17.4. The Morgan fingerprint density at radius 2 is 1.86 bits per heavy atom. The Morgan fingerprint density at radius 3 is 2.46 bits per heavy atom. The van der Waals surface area contributed by atoms with Crippen LogP contribution in [0.2, 0.25) is 23.2 Å². The number of amides is 3. The van der Waals surface area contributed by atoms with Crippen LogP contribution in [0, 0.1) is 0 Å². The van der Waals surface area contributed by atoms with Crippen LogP contribution in [0.1, 0.15) is 45.2 Å². The topological polar surface area (TPSA) is 92.8 Å². The molecule has 8 nitrogen and oxygen atoms in total. The molecule has 2 atom stereocenters. The maximum Gasteiger partial charge on any atom is 0.319 e. The predicted molar refractivity (Wildman–Crippen MR) is 150 cm³/mol. The number of piperidine rings is 1. The van der Waals surface area contributed by atoms with Crippen LogP contribution >= 0.6 is 11.6 Å². The number of carbonyl (C=O) groups is 2. The van der Waals surface area contributed by atoms with Gasteiger partial charge in [-0.25, -0.2) is 4.79 Å². The van der Waals surface area contributed by atoms with Gasteiger partial charge in [-0.1, -0.05) is 32.4 Å². The van der Waals surface area contributed by atoms with Gasteiger partial charge in [-0.2, -0.15) is 0 Å². The summed E-state index contributed by atoms with van der Waals surface area (Å²) in [5.74, 6) is 0.544. The molecule has 10 heteroatoms. The summed E-state index contributed by atoms with van der Waals surface area (Å²) in [4.78, 5) is 32.3. The molecule has 37 heavy (non-hydrogen) atoms. The van der Waals surface area contributed by atoms with E-state index in [0.717, 1.165) is 5.69 Å². The number of rotatable bonds is 8. The molecule has 0 bridgehead atoms. The third kappa shape index (κ3) is 7.93. The van der Waals surface area contributed by atoms with Gasteiger partial charge in [0.1, 0.15) is 5.75 Å². The summed E-state index contributed by atoms with van der Waals surface area (Å²) in [5, 5.41) is 6.63. The summed E-state index contributed by atoms with van der Waals surface area (Å²) in [5.41, 5.74) is 1.45. The molecule has 2 aromatic rings. The molecule has 0 unspecified atom stereocenters. The minimum atomic E-state index is -1.92. The number of benzene rings is 1. The Bertz CT molecular complexity index is 1060. The van der Waals surface area contributed by atoms with Crippen molar-refractivity contribution in [3.8, 4) is 5.75 Å². The van der Waals surface area contributed by atoms with Crippen LogP contribution in [0.15, 0.2) is 42.6 Å². The second-order valence-electron chi connectivity index (χ2n) is 10.9. The quantitative estimate of drug-likeness (QED) is 0.417. The number of anilines is 1. The molecule has 1 saturated heterocycles. The van der Waals surface area contributed by atoms with Crippen LogP contribution in [0.5, 0.6) is 5.75 Å². The average Bonchev–Trinajstić information content (AvgIpc) is 2.85. The summed E-state index contributed by atoms with van der Waals surface area (Å²) < 4.78 is 11.5. The molecule has 0 radical (unpaired) electrons. The van der Waals surface area contributed by atoms with E-state index in [-0.39, 0.29) is 28.9 Å². The van der Waals surface area contributed by atoms with Gasteiger partial charge in [0.05, 0.1) is 13.3 Å². The van der Waals surface area contributed by atoms with Crippen LogP contribution in [0.4, 0.5) is 10.5 Å². The van der Waals surface area contributed by atoms with Crippen molar-refractivity contribution < 1.29 is 18.8 Å². The molecule has 0 saturated carbocycles. The molecule has 2 heterocycles. The predicted octanol–water partition coefficient (Wildman–Crippen LogP) is 5.66. The Kier molecular flexibility index (Phi) is 9.61. The maximum atomic E-state index is 13.1. The number of likely N-dealkylation sites (tertiary alicyclic amines) is 1. The fourth-order valence-electron chi connectivity index (χ4n) is 4.02. The summed E-state index contributed by atoms with van der Waals surface area (Å²) in [7, 11) is -0.323. The van der Waals surface area contributed by atoms with Gasteiger partial charge in [0.2, 0.25) is 5.91 Å². The lowest BCUT2D eigenvalue weighted by Gasteiger charge is -2.39. The van der Waals surface area contributed by atoms with Crippen molar-refractivity contribution in [3.05, 3.63) is 53.3 Å². The van der Waals surface area contributed by atoms with E-state index in [1.807, 2.05) is 17.0 Å². The molecule has 3 rings (SSSR count). The number of nitrogens with zero attached hydrogens (tertiary/aromatic N) is 2. The molecule has 2 N–H and O–H groups in total. The van der Waals surface area contributed by atoms with E-state index in [0.29, 0.717) is 49.0 Å². The zero-order valence-corrected chi connectivity index (χ0v) is 24.4. The minimum absolute atomic E-state index is 0.0567. The monoisotopic (exact) mass is 546 g/mol. The van der Waals surface area contributed by atoms with Crippen molar-refractivity contribution >= 4 is 37.5 Å². The Morgan fingerprint density at radius 1 is 1.16 bits per heavy atom. The van der Waals surface area contributed by atoms with Crippen LogP contribution in [0.3, 0.4) is 0 Å². The van der Waals surface area contributed by atoms with Crippen molar-refractivity contribution in [1.82, 2.24) is 15.2 Å². The molecule has 1 fully saturated rings. The third-order valence-electron chi connectivity index (χ3n) is 7.34. The number of pyridine rings is 1. The van der Waals surface area contributed by atoms with Crippen LogP contribution in [-0.4, -0.2) is 63.0 Å². The molecule has 202 valence electrons. The lowest BCUT2D eigenvalue weighted by molar-refractivity contribution is -0.133. The number of hydrogen-bond donors (Lipinski definition) is 2. The summed E-state index contributed by atoms with van der Waals surface area (Å²) in [6.45, 7) is 12.4. The van der Waals surface area contributed by atoms with Gasteiger partial charge in [-0.15, -0.1) is 0 Å². The summed E-state index contributed by atoms with van der Waals surface area (Å²) in [6.07, 6.45) is 2.61. The van der Waals surface area contributed by atoms with Crippen LogP contribution in [-0.2, 0) is 9.22 Å². The van der Waals surface area contributed by atoms with Gasteiger partial charge in [0.15, 0.2) is 8.32 Å². The Labute approximate surface area is 226 Å². The van der Waals surface area contributed by atoms with Gasteiger partial charge in [0, 0.05) is 54.5 Å². The number of ether oxygens (including phenoxy) is 1. The van der Waals surface area contributed by atoms with E-state index in [2.05, 4.69) is 49.5 Å². The number of nitrogens with one attached hydrogen (secondary N) is 2. The number of carbonyl (C=O) groups excluding carboxylic acids is 2. The highest BCUT2D eigenvalue weighted by Gasteiger charge is 2.38. The smallest absolute Gasteiger partial charge is 0.319 e. The minimum Gasteiger partial charge on any atom is -0.495 e. The summed E-state index contributed by atoms with van der Waals surface area (Å²) >= 11 is 5.94. The first-order valence-corrected chi connectivity index (χ1v) is 15.9. The fourth-order valence-corrected chi connectivity index (χ4v) is 5.19. The molecule has 1 aromatic heterocycles. The normalized spacial score (nSPS) is 18.3. The van der Waals surface area contributed by atoms with Gasteiger partial charge >= 0.3 is 6.03 Å². The molecule has 3 amide bonds. The molecular weight excluding hydrogens is 508 g/mol. The number of aromatic nitrogens is 1. The van der Waals surface area contributed by atoms with Gasteiger partial charge < -0.3 is 24.7 Å². The van der Waals surface area contributed by atoms with E-state index in [1.165, 1.54) is 0 Å². The SMILES string of the molecule is COc1ccc([C@@H]2CN(C(=O)CCO[Si](C)(C)C(C)(C)C)CC[C@H]2NC(=O)Nc2ccc(Cl)cc2)nc1. The number of halogens is 1. The molecule has 1 aliphatic rings. The largest absolute Gasteiger partial charge is 0.495 e. The molecule has 0 aliphatic carbocycles. The first-order valence-electron chi connectivity index (χ1n) is 12.6. The van der Waals surface area contributed by atoms with Gasteiger partial charge in [-0.3, -0.25) is 9.78 Å². The molecule has 1 aromatic carbocycles. The van der Waals surface area contributed by atoms with E-state index in [4.69, 9.17) is 20.8 Å². The second-order valence-corrected chi connectivity index (χ2v) is 16.2. The molecule has 0 spiro atoms. The highest BCUT2D eigenvalue weighted by molar-refractivity contribution is 6.74. The zero-order chi connectivity index (χ0) is 27.2. The highest BCUT2D eigenvalue weighted by atomic mass is 35.5. The third-order valence-corrected chi connectivity index (χ3v) is 12.1. The van der Waals surface area contributed by atoms with E-state index in [9.17, 15) is 9.59 Å². The van der Waals surface area contributed by atoms with Crippen molar-refractivity contribution in [3.63, 3.8) is 0 Å².